The van der Waals surface area contributed by atoms with Crippen molar-refractivity contribution in [3.8, 4) is 22.5 Å². The lowest BCUT2D eigenvalue weighted by molar-refractivity contribution is 1.07. The molecule has 0 amide bonds. The van der Waals surface area contributed by atoms with Gasteiger partial charge in [-0.25, -0.2) is 9.97 Å². The highest BCUT2D eigenvalue weighted by Crippen LogP contribution is 2.32. The van der Waals surface area contributed by atoms with Crippen molar-refractivity contribution in [2.24, 2.45) is 0 Å². The molecule has 0 spiro atoms. The van der Waals surface area contributed by atoms with Crippen LogP contribution in [0.1, 0.15) is 0 Å². The molecule has 0 N–H and O–H groups in total. The van der Waals surface area contributed by atoms with Gasteiger partial charge in [-0.3, -0.25) is 9.13 Å². The SMILES string of the molecule is c1ccc(-c2cc(-n3cnc4ccccc43)ccc2-n2cnc3ccccc32)cc1. The highest BCUT2D eigenvalue weighted by Gasteiger charge is 2.13. The van der Waals surface area contributed by atoms with Crippen molar-refractivity contribution in [2.45, 2.75) is 0 Å². The second-order valence-electron chi connectivity index (χ2n) is 7.27. The summed E-state index contributed by atoms with van der Waals surface area (Å²) in [4.78, 5) is 9.15. The lowest BCUT2D eigenvalue weighted by Gasteiger charge is -2.15. The van der Waals surface area contributed by atoms with Crippen LogP contribution in [0, 0.1) is 0 Å². The van der Waals surface area contributed by atoms with Gasteiger partial charge in [0.2, 0.25) is 0 Å². The summed E-state index contributed by atoms with van der Waals surface area (Å²) in [7, 11) is 0. The van der Waals surface area contributed by atoms with Gasteiger partial charge in [0.25, 0.3) is 0 Å². The number of benzene rings is 4. The molecule has 30 heavy (non-hydrogen) atoms. The molecule has 0 fully saturated rings. The second kappa shape index (κ2) is 6.71. The minimum atomic E-state index is 0.987. The molecule has 0 bridgehead atoms. The Bertz CT molecular complexity index is 1490. The Morgan fingerprint density at radius 3 is 1.87 bits per heavy atom. The number of aromatic nitrogens is 4. The van der Waals surface area contributed by atoms with Crippen LogP contribution in [0.15, 0.2) is 110 Å². The van der Waals surface area contributed by atoms with Crippen molar-refractivity contribution in [3.05, 3.63) is 110 Å². The molecule has 6 aromatic rings. The van der Waals surface area contributed by atoms with Gasteiger partial charge < -0.3 is 0 Å². The Kier molecular flexibility index (Phi) is 3.74. The molecule has 0 radical (unpaired) electrons. The van der Waals surface area contributed by atoms with Crippen molar-refractivity contribution in [1.82, 2.24) is 19.1 Å². The van der Waals surface area contributed by atoms with Crippen LogP contribution in [0.25, 0.3) is 44.6 Å². The number of nitrogens with zero attached hydrogens (tertiary/aromatic N) is 4. The average molecular weight is 386 g/mol. The Balaban J connectivity index is 1.61. The lowest BCUT2D eigenvalue weighted by atomic mass is 10.0. The maximum Gasteiger partial charge on any atom is 0.100 e. The first-order valence-electron chi connectivity index (χ1n) is 9.93. The summed E-state index contributed by atoms with van der Waals surface area (Å²) in [6.45, 7) is 0. The summed E-state index contributed by atoms with van der Waals surface area (Å²) in [5.41, 5.74) is 8.65. The molecular weight excluding hydrogens is 368 g/mol. The molecule has 2 heterocycles. The molecule has 4 heteroatoms. The normalized spacial score (nSPS) is 11.3. The molecule has 142 valence electrons. The van der Waals surface area contributed by atoms with E-state index in [1.807, 2.05) is 49.1 Å². The standard InChI is InChI=1S/C26H18N4/c1-2-8-19(9-3-1)21-16-20(29-17-27-22-10-4-6-12-25(22)29)14-15-24(21)30-18-28-23-11-5-7-13-26(23)30/h1-18H. The summed E-state index contributed by atoms with van der Waals surface area (Å²) in [6.07, 6.45) is 3.79. The number of fused-ring (bicyclic) bond motifs is 2. The van der Waals surface area contributed by atoms with Crippen LogP contribution in [0.2, 0.25) is 0 Å². The van der Waals surface area contributed by atoms with E-state index in [0.717, 1.165) is 44.6 Å². The van der Waals surface area contributed by atoms with Gasteiger partial charge in [0.1, 0.15) is 12.7 Å². The van der Waals surface area contributed by atoms with Crippen LogP contribution in [-0.2, 0) is 0 Å². The third-order valence-corrected chi connectivity index (χ3v) is 5.51. The van der Waals surface area contributed by atoms with Crippen LogP contribution >= 0.6 is 0 Å². The van der Waals surface area contributed by atoms with E-state index in [0.29, 0.717) is 0 Å². The fourth-order valence-corrected chi connectivity index (χ4v) is 4.05. The Morgan fingerprint density at radius 2 is 1.13 bits per heavy atom. The van der Waals surface area contributed by atoms with Gasteiger partial charge in [0, 0.05) is 11.3 Å². The Labute approximate surface area is 173 Å². The maximum absolute atomic E-state index is 4.59. The zero-order chi connectivity index (χ0) is 19.9. The van der Waals surface area contributed by atoms with Gasteiger partial charge >= 0.3 is 0 Å². The zero-order valence-corrected chi connectivity index (χ0v) is 16.2. The zero-order valence-electron chi connectivity index (χ0n) is 16.2. The van der Waals surface area contributed by atoms with E-state index in [1.165, 1.54) is 0 Å². The molecular formula is C26H18N4. The van der Waals surface area contributed by atoms with Gasteiger partial charge in [-0.05, 0) is 48.0 Å². The molecule has 0 unspecified atom stereocenters. The minimum Gasteiger partial charge on any atom is -0.299 e. The average Bonchev–Trinajstić information content (AvgIpc) is 3.44. The predicted octanol–water partition coefficient (Wildman–Crippen LogP) is 6.03. The van der Waals surface area contributed by atoms with Crippen LogP contribution in [0.4, 0.5) is 0 Å². The van der Waals surface area contributed by atoms with E-state index < -0.39 is 0 Å². The van der Waals surface area contributed by atoms with Crippen LogP contribution < -0.4 is 0 Å². The summed E-state index contributed by atoms with van der Waals surface area (Å²) in [5, 5.41) is 0. The number of imidazole rings is 2. The highest BCUT2D eigenvalue weighted by atomic mass is 15.1. The van der Waals surface area contributed by atoms with Gasteiger partial charge in [0.05, 0.1) is 27.8 Å². The molecule has 0 aliphatic heterocycles. The monoisotopic (exact) mass is 386 g/mol. The summed E-state index contributed by atoms with van der Waals surface area (Å²) in [5.74, 6) is 0. The van der Waals surface area contributed by atoms with Gasteiger partial charge in [-0.15, -0.1) is 0 Å². The highest BCUT2D eigenvalue weighted by molar-refractivity contribution is 5.83. The van der Waals surface area contributed by atoms with Gasteiger partial charge in [-0.2, -0.15) is 0 Å². The quantitative estimate of drug-likeness (QED) is 0.372. The third-order valence-electron chi connectivity index (χ3n) is 5.51. The lowest BCUT2D eigenvalue weighted by Crippen LogP contribution is -1.99. The van der Waals surface area contributed by atoms with Crippen molar-refractivity contribution in [2.75, 3.05) is 0 Å². The van der Waals surface area contributed by atoms with E-state index in [2.05, 4.69) is 79.8 Å². The predicted molar refractivity (Wildman–Crippen MR) is 121 cm³/mol. The smallest absolute Gasteiger partial charge is 0.100 e. The van der Waals surface area contributed by atoms with E-state index in [-0.39, 0.29) is 0 Å². The number of rotatable bonds is 3. The molecule has 6 rings (SSSR count). The molecule has 0 saturated carbocycles. The molecule has 0 saturated heterocycles. The molecule has 4 aromatic carbocycles. The van der Waals surface area contributed by atoms with Gasteiger partial charge in [0.15, 0.2) is 0 Å². The molecule has 0 aliphatic carbocycles. The van der Waals surface area contributed by atoms with E-state index in [4.69, 9.17) is 0 Å². The molecule has 2 aromatic heterocycles. The van der Waals surface area contributed by atoms with Crippen molar-refractivity contribution >= 4 is 22.1 Å². The molecule has 0 aliphatic rings. The number of para-hydroxylation sites is 4. The summed E-state index contributed by atoms with van der Waals surface area (Å²) >= 11 is 0. The van der Waals surface area contributed by atoms with Gasteiger partial charge in [-0.1, -0.05) is 54.6 Å². The van der Waals surface area contributed by atoms with E-state index in [9.17, 15) is 0 Å². The second-order valence-corrected chi connectivity index (χ2v) is 7.27. The van der Waals surface area contributed by atoms with Crippen molar-refractivity contribution in [1.29, 1.82) is 0 Å². The summed E-state index contributed by atoms with van der Waals surface area (Å²) in [6, 6.07) is 33.4. The van der Waals surface area contributed by atoms with Crippen molar-refractivity contribution < 1.29 is 0 Å². The van der Waals surface area contributed by atoms with Crippen LogP contribution in [0.3, 0.4) is 0 Å². The fourth-order valence-electron chi connectivity index (χ4n) is 4.05. The summed E-state index contributed by atoms with van der Waals surface area (Å²) < 4.78 is 4.30. The van der Waals surface area contributed by atoms with Crippen LogP contribution in [0.5, 0.6) is 0 Å². The number of hydrogen-bond donors (Lipinski definition) is 0. The van der Waals surface area contributed by atoms with E-state index >= 15 is 0 Å². The molecule has 4 nitrogen and oxygen atoms in total. The fraction of sp³-hybridized carbons (Fsp3) is 0. The van der Waals surface area contributed by atoms with Crippen LogP contribution in [-0.4, -0.2) is 19.1 Å². The first kappa shape index (κ1) is 16.7. The molecule has 0 atom stereocenters. The Hall–Kier alpha value is -4.18. The van der Waals surface area contributed by atoms with E-state index in [1.54, 1.807) is 0 Å². The third kappa shape index (κ3) is 2.62. The maximum atomic E-state index is 4.59. The number of hydrogen-bond acceptors (Lipinski definition) is 2. The minimum absolute atomic E-state index is 0.987. The first-order valence-corrected chi connectivity index (χ1v) is 9.93. The first-order chi connectivity index (χ1) is 14.9. The Morgan fingerprint density at radius 1 is 0.533 bits per heavy atom. The largest absolute Gasteiger partial charge is 0.299 e. The van der Waals surface area contributed by atoms with Crippen molar-refractivity contribution in [3.63, 3.8) is 0 Å². The topological polar surface area (TPSA) is 35.6 Å².